The molecule has 1 aromatic heterocycles. The van der Waals surface area contributed by atoms with Gasteiger partial charge in [-0.25, -0.2) is 13.4 Å². The molecule has 0 fully saturated rings. The number of nitrogens with one attached hydrogen (secondary N) is 1. The van der Waals surface area contributed by atoms with Crippen LogP contribution in [0.4, 0.5) is 13.2 Å². The number of nitrogens with zero attached hydrogens (tertiary/aromatic N) is 1. The molecule has 1 heterocycles. The van der Waals surface area contributed by atoms with Gasteiger partial charge in [-0.1, -0.05) is 12.1 Å². The third-order valence-electron chi connectivity index (χ3n) is 4.68. The molecule has 0 aliphatic heterocycles. The predicted octanol–water partition coefficient (Wildman–Crippen LogP) is 3.18. The summed E-state index contributed by atoms with van der Waals surface area (Å²) >= 11 is 0. The first-order valence-electron chi connectivity index (χ1n) is 8.83. The second-order valence-corrected chi connectivity index (χ2v) is 8.66. The zero-order chi connectivity index (χ0) is 20.4. The molecule has 0 spiro atoms. The van der Waals surface area contributed by atoms with Crippen molar-refractivity contribution in [1.29, 1.82) is 0 Å². The maximum Gasteiger partial charge on any atom is 0.417 e. The van der Waals surface area contributed by atoms with Gasteiger partial charge in [0.2, 0.25) is 0 Å². The number of carbonyl (C=O) groups excluding carboxylic acids is 1. The lowest BCUT2D eigenvalue weighted by atomic mass is 9.88. The van der Waals surface area contributed by atoms with Gasteiger partial charge in [-0.2, -0.15) is 13.2 Å². The van der Waals surface area contributed by atoms with E-state index in [1.807, 2.05) is 12.1 Å². The Morgan fingerprint density at radius 1 is 1.11 bits per heavy atom. The van der Waals surface area contributed by atoms with E-state index >= 15 is 0 Å². The number of pyridine rings is 1. The molecule has 28 heavy (non-hydrogen) atoms. The van der Waals surface area contributed by atoms with Crippen molar-refractivity contribution in [2.24, 2.45) is 0 Å². The quantitative estimate of drug-likeness (QED) is 0.819. The number of hydrogen-bond acceptors (Lipinski definition) is 4. The summed E-state index contributed by atoms with van der Waals surface area (Å²) in [6.07, 6.45) is -0.279. The standard InChI is InChI=1S/C19H19F3N2O3S/c20-19(21,22)14-8-9-17(24-12-14)28(26,27)11-10-23-18(25)16-7-3-5-13-4-1-2-6-15(13)16/h3,5,7-9,12H,1-2,4,6,10-11H2,(H,23,25). The zero-order valence-electron chi connectivity index (χ0n) is 14.9. The molecule has 0 unspecified atom stereocenters. The Kier molecular flexibility index (Phi) is 5.74. The first-order valence-corrected chi connectivity index (χ1v) is 10.5. The number of benzene rings is 1. The molecule has 1 aliphatic carbocycles. The van der Waals surface area contributed by atoms with Crippen LogP contribution in [0, 0.1) is 0 Å². The van der Waals surface area contributed by atoms with Crippen LogP contribution < -0.4 is 5.32 Å². The van der Waals surface area contributed by atoms with Gasteiger partial charge in [0.05, 0.1) is 11.3 Å². The van der Waals surface area contributed by atoms with Crippen LogP contribution in [0.15, 0.2) is 41.6 Å². The zero-order valence-corrected chi connectivity index (χ0v) is 15.7. The van der Waals surface area contributed by atoms with Gasteiger partial charge in [-0.3, -0.25) is 4.79 Å². The lowest BCUT2D eigenvalue weighted by molar-refractivity contribution is -0.137. The first-order chi connectivity index (χ1) is 13.2. The Morgan fingerprint density at radius 3 is 2.54 bits per heavy atom. The molecule has 0 bridgehead atoms. The van der Waals surface area contributed by atoms with Crippen molar-refractivity contribution in [3.8, 4) is 0 Å². The highest BCUT2D eigenvalue weighted by Crippen LogP contribution is 2.29. The molecule has 1 aliphatic rings. The van der Waals surface area contributed by atoms with Gasteiger partial charge in [0.25, 0.3) is 5.91 Å². The van der Waals surface area contributed by atoms with E-state index in [1.54, 1.807) is 6.07 Å². The molecule has 150 valence electrons. The fourth-order valence-corrected chi connectivity index (χ4v) is 4.29. The van der Waals surface area contributed by atoms with E-state index in [2.05, 4.69) is 10.3 Å². The highest BCUT2D eigenvalue weighted by Gasteiger charge is 2.31. The van der Waals surface area contributed by atoms with Crippen molar-refractivity contribution in [2.45, 2.75) is 36.9 Å². The number of halogens is 3. The summed E-state index contributed by atoms with van der Waals surface area (Å²) in [6, 6.07) is 7.02. The minimum absolute atomic E-state index is 0.159. The third-order valence-corrected chi connectivity index (χ3v) is 6.30. The van der Waals surface area contributed by atoms with Gasteiger partial charge >= 0.3 is 6.18 Å². The van der Waals surface area contributed by atoms with Gasteiger partial charge in [-0.05, 0) is 55.0 Å². The van der Waals surface area contributed by atoms with Gasteiger partial charge < -0.3 is 5.32 Å². The summed E-state index contributed by atoms with van der Waals surface area (Å²) in [4.78, 5) is 15.9. The third kappa shape index (κ3) is 4.52. The van der Waals surface area contributed by atoms with Crippen molar-refractivity contribution >= 4 is 15.7 Å². The minimum atomic E-state index is -4.59. The van der Waals surface area contributed by atoms with Crippen molar-refractivity contribution in [1.82, 2.24) is 10.3 Å². The lowest BCUT2D eigenvalue weighted by Gasteiger charge is -2.18. The second-order valence-electron chi connectivity index (χ2n) is 6.61. The fraction of sp³-hybridized carbons (Fsp3) is 0.368. The van der Waals surface area contributed by atoms with Crippen LogP contribution in [0.3, 0.4) is 0 Å². The average molecular weight is 412 g/mol. The second kappa shape index (κ2) is 7.90. The fourth-order valence-electron chi connectivity index (χ4n) is 3.22. The van der Waals surface area contributed by atoms with Crippen LogP contribution in [-0.2, 0) is 28.9 Å². The van der Waals surface area contributed by atoms with Crippen LogP contribution >= 0.6 is 0 Å². The maximum atomic E-state index is 12.6. The van der Waals surface area contributed by atoms with Crippen LogP contribution in [0.5, 0.6) is 0 Å². The Balaban J connectivity index is 1.63. The molecule has 9 heteroatoms. The highest BCUT2D eigenvalue weighted by atomic mass is 32.2. The largest absolute Gasteiger partial charge is 0.417 e. The Bertz CT molecular complexity index is 971. The molecule has 5 nitrogen and oxygen atoms in total. The van der Waals surface area contributed by atoms with Crippen molar-refractivity contribution in [2.75, 3.05) is 12.3 Å². The monoisotopic (exact) mass is 412 g/mol. The molecular formula is C19H19F3N2O3S. The number of amides is 1. The number of aryl methyl sites for hydroxylation is 1. The normalized spacial score (nSPS) is 14.4. The van der Waals surface area contributed by atoms with E-state index in [0.717, 1.165) is 42.9 Å². The summed E-state index contributed by atoms with van der Waals surface area (Å²) in [5, 5.41) is 2.13. The van der Waals surface area contributed by atoms with Crippen LogP contribution in [0.25, 0.3) is 0 Å². The number of aromatic nitrogens is 1. The van der Waals surface area contributed by atoms with E-state index in [-0.39, 0.29) is 12.5 Å². The number of hydrogen-bond donors (Lipinski definition) is 1. The predicted molar refractivity (Wildman–Crippen MR) is 96.7 cm³/mol. The molecule has 0 saturated heterocycles. The summed E-state index contributed by atoms with van der Waals surface area (Å²) in [7, 11) is -3.91. The molecule has 1 N–H and O–H groups in total. The number of carbonyl (C=O) groups is 1. The van der Waals surface area contributed by atoms with E-state index in [4.69, 9.17) is 0 Å². The Labute approximate surface area is 160 Å². The summed E-state index contributed by atoms with van der Waals surface area (Å²) in [5.74, 6) is -0.805. The first kappa shape index (κ1) is 20.3. The van der Waals surface area contributed by atoms with Crippen molar-refractivity contribution in [3.63, 3.8) is 0 Å². The van der Waals surface area contributed by atoms with Crippen molar-refractivity contribution < 1.29 is 26.4 Å². The topological polar surface area (TPSA) is 76.1 Å². The number of rotatable bonds is 5. The molecule has 0 saturated carbocycles. The SMILES string of the molecule is O=C(NCCS(=O)(=O)c1ccc(C(F)(F)F)cn1)c1cccc2c1CCCC2. The maximum absolute atomic E-state index is 12.6. The van der Waals surface area contributed by atoms with Crippen LogP contribution in [-0.4, -0.2) is 31.6 Å². The molecule has 1 amide bonds. The average Bonchev–Trinajstić information content (AvgIpc) is 2.66. The molecule has 0 radical (unpaired) electrons. The van der Waals surface area contributed by atoms with Gasteiger partial charge in [0, 0.05) is 18.3 Å². The number of alkyl halides is 3. The summed E-state index contributed by atoms with van der Waals surface area (Å²) in [5.41, 5.74) is 1.66. The minimum Gasteiger partial charge on any atom is -0.351 e. The highest BCUT2D eigenvalue weighted by molar-refractivity contribution is 7.91. The van der Waals surface area contributed by atoms with E-state index in [9.17, 15) is 26.4 Å². The smallest absolute Gasteiger partial charge is 0.351 e. The Morgan fingerprint density at radius 2 is 1.86 bits per heavy atom. The molecule has 1 aromatic carbocycles. The number of sulfone groups is 1. The summed E-state index contributed by atoms with van der Waals surface area (Å²) in [6.45, 7) is -0.159. The lowest BCUT2D eigenvalue weighted by Crippen LogP contribution is -2.30. The van der Waals surface area contributed by atoms with E-state index in [0.29, 0.717) is 17.8 Å². The van der Waals surface area contributed by atoms with Gasteiger partial charge in [-0.15, -0.1) is 0 Å². The molecule has 0 atom stereocenters. The van der Waals surface area contributed by atoms with Gasteiger partial charge in [0.15, 0.2) is 14.9 Å². The van der Waals surface area contributed by atoms with Gasteiger partial charge in [0.1, 0.15) is 0 Å². The van der Waals surface area contributed by atoms with Crippen molar-refractivity contribution in [3.05, 3.63) is 58.8 Å². The molecule has 2 aromatic rings. The Hall–Kier alpha value is -2.42. The number of fused-ring (bicyclic) bond motifs is 1. The summed E-state index contributed by atoms with van der Waals surface area (Å²) < 4.78 is 62.2. The van der Waals surface area contributed by atoms with Crippen LogP contribution in [0.1, 0.15) is 39.9 Å². The molecule has 3 rings (SSSR count). The van der Waals surface area contributed by atoms with E-state index in [1.165, 1.54) is 0 Å². The van der Waals surface area contributed by atoms with Crippen LogP contribution in [0.2, 0.25) is 0 Å². The van der Waals surface area contributed by atoms with E-state index < -0.39 is 32.4 Å². The molecular weight excluding hydrogens is 393 g/mol.